The molecule has 0 saturated carbocycles. The van der Waals surface area contributed by atoms with Crippen LogP contribution in [0.3, 0.4) is 0 Å². The quantitative estimate of drug-likeness (QED) is 0.472. The molecule has 10 nitrogen and oxygen atoms in total. The number of fused-ring (bicyclic) bond motifs is 5. The van der Waals surface area contributed by atoms with Gasteiger partial charge in [-0.25, -0.2) is 9.98 Å². The van der Waals surface area contributed by atoms with E-state index in [0.29, 0.717) is 28.4 Å². The van der Waals surface area contributed by atoms with Gasteiger partial charge in [0, 0.05) is 28.2 Å². The molecule has 3 aromatic carbocycles. The van der Waals surface area contributed by atoms with E-state index in [1.54, 1.807) is 37.3 Å². The van der Waals surface area contributed by atoms with Gasteiger partial charge in [-0.3, -0.25) is 9.69 Å². The third kappa shape index (κ3) is 2.63. The summed E-state index contributed by atoms with van der Waals surface area (Å²) in [7, 11) is 3.15. The number of anilines is 2. The van der Waals surface area contributed by atoms with E-state index >= 15 is 0 Å². The Kier molecular flexibility index (Phi) is 4.11. The fourth-order valence-electron chi connectivity index (χ4n) is 4.91. The number of carbonyl (C=O) groups is 1. The number of nitrogens with zero attached hydrogens (tertiary/aromatic N) is 5. The fourth-order valence-corrected chi connectivity index (χ4v) is 4.91. The zero-order valence-corrected chi connectivity index (χ0v) is 19.3. The molecule has 0 bridgehead atoms. The van der Waals surface area contributed by atoms with Crippen LogP contribution in [0.4, 0.5) is 11.4 Å². The number of methoxy groups -OCH3 is 2. The van der Waals surface area contributed by atoms with Gasteiger partial charge in [0.05, 0.1) is 19.9 Å². The minimum atomic E-state index is -1.34. The molecule has 3 aliphatic rings. The molecule has 1 amide bonds. The zero-order valence-electron chi connectivity index (χ0n) is 19.3. The van der Waals surface area contributed by atoms with Crippen molar-refractivity contribution in [3.05, 3.63) is 83.1 Å². The van der Waals surface area contributed by atoms with Crippen LogP contribution in [0, 0.1) is 0 Å². The Morgan fingerprint density at radius 2 is 1.81 bits per heavy atom. The van der Waals surface area contributed by atoms with E-state index < -0.39 is 5.66 Å². The maximum Gasteiger partial charge on any atom is 0.278 e. The smallest absolute Gasteiger partial charge is 0.278 e. The molecule has 1 spiro atoms. The molecule has 2 N–H and O–H groups in total. The molecule has 4 heterocycles. The van der Waals surface area contributed by atoms with E-state index in [4.69, 9.17) is 14.5 Å². The van der Waals surface area contributed by atoms with E-state index in [9.17, 15) is 4.79 Å². The first-order valence-electron chi connectivity index (χ1n) is 11.3. The standard InChI is InChI=1S/C26H19N7O3/c1-35-14-11-12-20(36-2)19(13-14)33-25(32-26(33)16-8-4-6-10-18(16)28-23(26)34)31-24-29-21-15-7-3-5-9-17(15)27-22(21)30-24/h3-13H,1-2H3,(H,28,34)(H,27,29,30,31,32)/t26-/m1/s1. The van der Waals surface area contributed by atoms with Crippen molar-refractivity contribution in [3.63, 3.8) is 0 Å². The maximum absolute atomic E-state index is 13.4. The predicted octanol–water partition coefficient (Wildman–Crippen LogP) is 2.48. The van der Waals surface area contributed by atoms with Gasteiger partial charge in [-0.1, -0.05) is 36.4 Å². The first kappa shape index (κ1) is 20.4. The highest BCUT2D eigenvalue weighted by Crippen LogP contribution is 2.51. The van der Waals surface area contributed by atoms with E-state index in [1.165, 1.54) is 0 Å². The topological polar surface area (TPSA) is 116 Å². The first-order chi connectivity index (χ1) is 17.6. The van der Waals surface area contributed by atoms with E-state index in [-0.39, 0.29) is 17.8 Å². The second kappa shape index (κ2) is 7.25. The molecule has 0 aliphatic carbocycles. The largest absolute Gasteiger partial charge is 0.497 e. The molecule has 7 rings (SSSR count). The molecule has 1 atom stereocenters. The Hall–Kier alpha value is -4.99. The lowest BCUT2D eigenvalue weighted by molar-refractivity contribution is -0.120. The van der Waals surface area contributed by atoms with Crippen molar-refractivity contribution in [2.24, 2.45) is 20.0 Å². The number of hydrogen-bond acceptors (Lipinski definition) is 6. The highest BCUT2D eigenvalue weighted by Gasteiger charge is 2.60. The summed E-state index contributed by atoms with van der Waals surface area (Å²) in [5.74, 6) is 1.38. The number of H-pyrrole nitrogens is 1. The second-order valence-corrected chi connectivity index (χ2v) is 8.46. The minimum absolute atomic E-state index is 0.245. The molecule has 0 fully saturated rings. The zero-order chi connectivity index (χ0) is 24.4. The summed E-state index contributed by atoms with van der Waals surface area (Å²) in [5.41, 5.74) is 2.26. The number of guanidine groups is 2. The van der Waals surface area contributed by atoms with Crippen molar-refractivity contribution in [2.45, 2.75) is 5.66 Å². The summed E-state index contributed by atoms with van der Waals surface area (Å²) in [6.45, 7) is 0. The highest BCUT2D eigenvalue weighted by molar-refractivity contribution is 6.21. The number of aromatic amines is 1. The van der Waals surface area contributed by atoms with Gasteiger partial charge < -0.3 is 19.8 Å². The minimum Gasteiger partial charge on any atom is -0.497 e. The molecule has 0 radical (unpaired) electrons. The van der Waals surface area contributed by atoms with Gasteiger partial charge in [0.25, 0.3) is 11.9 Å². The number of nitrogens with one attached hydrogen (secondary N) is 2. The number of hydrogen-bond donors (Lipinski definition) is 2. The van der Waals surface area contributed by atoms with Gasteiger partial charge in [-0.05, 0) is 24.3 Å². The Morgan fingerprint density at radius 1 is 0.972 bits per heavy atom. The van der Waals surface area contributed by atoms with Crippen molar-refractivity contribution in [3.8, 4) is 11.5 Å². The average Bonchev–Trinajstić information content (AvgIpc) is 3.53. The number of aromatic nitrogens is 1. The average molecular weight is 477 g/mol. The normalized spacial score (nSPS) is 20.4. The van der Waals surface area contributed by atoms with Gasteiger partial charge in [0.15, 0.2) is 5.49 Å². The molecule has 3 aliphatic heterocycles. The van der Waals surface area contributed by atoms with Crippen LogP contribution < -0.4 is 30.5 Å². The summed E-state index contributed by atoms with van der Waals surface area (Å²) in [6.07, 6.45) is 0. The molecular weight excluding hydrogens is 458 g/mol. The second-order valence-electron chi connectivity index (χ2n) is 8.46. The van der Waals surface area contributed by atoms with Crippen molar-refractivity contribution in [2.75, 3.05) is 24.4 Å². The van der Waals surface area contributed by atoms with Crippen LogP contribution in [0.15, 0.2) is 86.7 Å². The highest BCUT2D eigenvalue weighted by atomic mass is 16.5. The van der Waals surface area contributed by atoms with Gasteiger partial charge in [-0.2, -0.15) is 9.98 Å². The van der Waals surface area contributed by atoms with E-state index in [1.807, 2.05) is 48.5 Å². The van der Waals surface area contributed by atoms with Crippen LogP contribution in [-0.2, 0) is 10.5 Å². The van der Waals surface area contributed by atoms with Crippen LogP contribution in [0.25, 0.3) is 10.9 Å². The van der Waals surface area contributed by atoms with Crippen molar-refractivity contribution < 1.29 is 14.3 Å². The number of benzene rings is 3. The molecule has 36 heavy (non-hydrogen) atoms. The van der Waals surface area contributed by atoms with Crippen LogP contribution in [0.2, 0.25) is 0 Å². The third-order valence-corrected chi connectivity index (χ3v) is 6.56. The lowest BCUT2D eigenvalue weighted by Gasteiger charge is -2.44. The van der Waals surface area contributed by atoms with Crippen molar-refractivity contribution >= 4 is 40.1 Å². The summed E-state index contributed by atoms with van der Waals surface area (Å²) in [6, 6.07) is 20.7. The fraction of sp³-hybridized carbons (Fsp3) is 0.115. The van der Waals surface area contributed by atoms with Gasteiger partial charge in [-0.15, -0.1) is 0 Å². The number of carbonyl (C=O) groups excluding carboxylic acids is 1. The lowest BCUT2D eigenvalue weighted by Crippen LogP contribution is -2.61. The molecule has 1 aromatic heterocycles. The Morgan fingerprint density at radius 3 is 2.67 bits per heavy atom. The van der Waals surface area contributed by atoms with Crippen LogP contribution in [0.1, 0.15) is 5.56 Å². The van der Waals surface area contributed by atoms with Crippen molar-refractivity contribution in [1.29, 1.82) is 0 Å². The van der Waals surface area contributed by atoms with E-state index in [2.05, 4.69) is 25.3 Å². The lowest BCUT2D eigenvalue weighted by atomic mass is 9.95. The summed E-state index contributed by atoms with van der Waals surface area (Å²) in [5, 5.41) is 4.63. The van der Waals surface area contributed by atoms with Gasteiger partial charge in [0.1, 0.15) is 16.9 Å². The predicted molar refractivity (Wildman–Crippen MR) is 134 cm³/mol. The van der Waals surface area contributed by atoms with Crippen molar-refractivity contribution in [1.82, 2.24) is 4.98 Å². The Labute approximate surface area is 204 Å². The van der Waals surface area contributed by atoms with Crippen LogP contribution >= 0.6 is 0 Å². The summed E-state index contributed by atoms with van der Waals surface area (Å²) in [4.78, 5) is 37.0. The van der Waals surface area contributed by atoms with Gasteiger partial charge in [0.2, 0.25) is 11.6 Å². The monoisotopic (exact) mass is 477 g/mol. The van der Waals surface area contributed by atoms with Crippen LogP contribution in [0.5, 0.6) is 11.5 Å². The first-order valence-corrected chi connectivity index (χ1v) is 11.3. The molecule has 176 valence electrons. The number of para-hydroxylation sites is 2. The SMILES string of the molecule is COc1ccc(OC)c(N2C(/N=C3\N=c4[nH]c5ccccc5c4=N3)=N[C@@]23C(=O)Nc2ccccc23)c1. The molecule has 4 aromatic rings. The van der Waals surface area contributed by atoms with E-state index in [0.717, 1.165) is 21.8 Å². The third-order valence-electron chi connectivity index (χ3n) is 6.56. The number of rotatable bonds is 3. The Bertz CT molecular complexity index is 1790. The van der Waals surface area contributed by atoms with Crippen LogP contribution in [-0.4, -0.2) is 37.0 Å². The molecular formula is C26H19N7O3. The molecule has 10 heteroatoms. The summed E-state index contributed by atoms with van der Waals surface area (Å²) >= 11 is 0. The van der Waals surface area contributed by atoms with Gasteiger partial charge >= 0.3 is 0 Å². The number of ether oxygens (including phenoxy) is 2. The molecule has 0 saturated heterocycles. The molecule has 0 unspecified atom stereocenters. The summed E-state index contributed by atoms with van der Waals surface area (Å²) < 4.78 is 11.1. The Balaban J connectivity index is 1.42. The number of aliphatic imine (C=N–C) groups is 2. The number of amides is 1. The maximum atomic E-state index is 13.4.